The summed E-state index contributed by atoms with van der Waals surface area (Å²) >= 11 is 0. The normalized spacial score (nSPS) is 10.6. The molecular weight excluding hydrogens is 265 g/mol. The molecule has 0 spiro atoms. The van der Waals surface area contributed by atoms with E-state index in [2.05, 4.69) is 36.5 Å². The van der Waals surface area contributed by atoms with Crippen molar-refractivity contribution >= 4 is 0 Å². The lowest BCUT2D eigenvalue weighted by Gasteiger charge is -2.10. The van der Waals surface area contributed by atoms with Gasteiger partial charge in [-0.1, -0.05) is 37.3 Å². The van der Waals surface area contributed by atoms with Crippen molar-refractivity contribution < 1.29 is 9.13 Å². The summed E-state index contributed by atoms with van der Waals surface area (Å²) in [5.41, 5.74) is 3.28. The summed E-state index contributed by atoms with van der Waals surface area (Å²) in [6, 6.07) is 12.9. The standard InChI is InChI=1S/C18H22FNO/c1-3-10-20-12-15-5-7-16(8-6-15)13-21-18-11-17(19)9-4-14(18)2/h4-9,11,20H,3,10,12-13H2,1-2H3. The molecule has 2 aromatic carbocycles. The number of hydrogen-bond donors (Lipinski definition) is 1. The Morgan fingerprint density at radius 1 is 1.05 bits per heavy atom. The van der Waals surface area contributed by atoms with Crippen molar-refractivity contribution in [3.05, 3.63) is 65.0 Å². The molecule has 2 rings (SSSR count). The van der Waals surface area contributed by atoms with Crippen LogP contribution in [0.4, 0.5) is 4.39 Å². The first-order chi connectivity index (χ1) is 10.2. The summed E-state index contributed by atoms with van der Waals surface area (Å²) in [5.74, 6) is 0.330. The monoisotopic (exact) mass is 287 g/mol. The van der Waals surface area contributed by atoms with Crippen molar-refractivity contribution in [1.29, 1.82) is 0 Å². The minimum atomic E-state index is -0.270. The predicted octanol–water partition coefficient (Wildman–Crippen LogP) is 4.21. The molecule has 0 heterocycles. The number of halogens is 1. The van der Waals surface area contributed by atoms with Gasteiger partial charge in [-0.3, -0.25) is 0 Å². The third kappa shape index (κ3) is 4.87. The third-order valence-electron chi connectivity index (χ3n) is 3.32. The highest BCUT2D eigenvalue weighted by atomic mass is 19.1. The highest BCUT2D eigenvalue weighted by molar-refractivity contribution is 5.33. The minimum absolute atomic E-state index is 0.270. The van der Waals surface area contributed by atoms with Crippen LogP contribution in [0.2, 0.25) is 0 Å². The largest absolute Gasteiger partial charge is 0.489 e. The topological polar surface area (TPSA) is 21.3 Å². The van der Waals surface area contributed by atoms with E-state index in [1.54, 1.807) is 6.07 Å². The Kier molecular flexibility index (Phi) is 5.76. The highest BCUT2D eigenvalue weighted by Gasteiger charge is 2.02. The van der Waals surface area contributed by atoms with Crippen molar-refractivity contribution in [1.82, 2.24) is 5.32 Å². The van der Waals surface area contributed by atoms with Crippen LogP contribution >= 0.6 is 0 Å². The Bertz CT molecular complexity index is 566. The molecule has 0 unspecified atom stereocenters. The van der Waals surface area contributed by atoms with E-state index in [9.17, 15) is 4.39 Å². The molecule has 0 atom stereocenters. The average Bonchev–Trinajstić information content (AvgIpc) is 2.50. The van der Waals surface area contributed by atoms with Gasteiger partial charge in [-0.2, -0.15) is 0 Å². The summed E-state index contributed by atoms with van der Waals surface area (Å²) in [6.45, 7) is 6.44. The fraction of sp³-hybridized carbons (Fsp3) is 0.333. The second-order valence-electron chi connectivity index (χ2n) is 5.19. The smallest absolute Gasteiger partial charge is 0.126 e. The lowest BCUT2D eigenvalue weighted by molar-refractivity contribution is 0.302. The van der Waals surface area contributed by atoms with E-state index in [4.69, 9.17) is 4.74 Å². The molecule has 2 aromatic rings. The Balaban J connectivity index is 1.90. The van der Waals surface area contributed by atoms with Gasteiger partial charge in [0.05, 0.1) is 0 Å². The number of hydrogen-bond acceptors (Lipinski definition) is 2. The van der Waals surface area contributed by atoms with Crippen LogP contribution in [0.1, 0.15) is 30.0 Å². The van der Waals surface area contributed by atoms with Crippen molar-refractivity contribution in [3.63, 3.8) is 0 Å². The van der Waals surface area contributed by atoms with Gasteiger partial charge < -0.3 is 10.1 Å². The van der Waals surface area contributed by atoms with E-state index in [-0.39, 0.29) is 5.82 Å². The first-order valence-corrected chi connectivity index (χ1v) is 7.36. The lowest BCUT2D eigenvalue weighted by atomic mass is 10.1. The van der Waals surface area contributed by atoms with Gasteiger partial charge in [0.2, 0.25) is 0 Å². The van der Waals surface area contributed by atoms with Gasteiger partial charge >= 0.3 is 0 Å². The Morgan fingerprint density at radius 3 is 2.48 bits per heavy atom. The molecule has 0 amide bonds. The van der Waals surface area contributed by atoms with Crippen LogP contribution in [0.15, 0.2) is 42.5 Å². The summed E-state index contributed by atoms with van der Waals surface area (Å²) in [7, 11) is 0. The minimum Gasteiger partial charge on any atom is -0.489 e. The summed E-state index contributed by atoms with van der Waals surface area (Å²) in [4.78, 5) is 0. The molecule has 1 N–H and O–H groups in total. The molecule has 0 fully saturated rings. The van der Waals surface area contributed by atoms with Crippen molar-refractivity contribution in [3.8, 4) is 5.75 Å². The van der Waals surface area contributed by atoms with E-state index in [1.807, 2.05) is 6.92 Å². The molecule has 21 heavy (non-hydrogen) atoms. The van der Waals surface area contributed by atoms with Crippen LogP contribution in [0.5, 0.6) is 5.75 Å². The molecular formula is C18H22FNO. The quantitative estimate of drug-likeness (QED) is 0.770. The molecule has 0 aliphatic rings. The van der Waals surface area contributed by atoms with Crippen LogP contribution in [0, 0.1) is 12.7 Å². The number of rotatable bonds is 7. The maximum absolute atomic E-state index is 13.2. The molecule has 0 saturated carbocycles. The van der Waals surface area contributed by atoms with E-state index in [1.165, 1.54) is 17.7 Å². The van der Waals surface area contributed by atoms with Crippen LogP contribution in [0.3, 0.4) is 0 Å². The van der Waals surface area contributed by atoms with Gasteiger partial charge in [-0.05, 0) is 42.6 Å². The molecule has 0 bridgehead atoms. The molecule has 3 heteroatoms. The van der Waals surface area contributed by atoms with E-state index in [0.29, 0.717) is 12.4 Å². The SMILES string of the molecule is CCCNCc1ccc(COc2cc(F)ccc2C)cc1. The van der Waals surface area contributed by atoms with Gasteiger partial charge in [0.1, 0.15) is 18.2 Å². The second-order valence-corrected chi connectivity index (χ2v) is 5.19. The van der Waals surface area contributed by atoms with E-state index < -0.39 is 0 Å². The van der Waals surface area contributed by atoms with Crippen LogP contribution < -0.4 is 10.1 Å². The number of nitrogens with one attached hydrogen (secondary N) is 1. The molecule has 0 aliphatic heterocycles. The number of aryl methyl sites for hydroxylation is 1. The van der Waals surface area contributed by atoms with Crippen LogP contribution in [-0.2, 0) is 13.2 Å². The zero-order chi connectivity index (χ0) is 15.1. The van der Waals surface area contributed by atoms with Crippen molar-refractivity contribution in [2.24, 2.45) is 0 Å². The molecule has 0 radical (unpaired) electrons. The molecule has 2 nitrogen and oxygen atoms in total. The van der Waals surface area contributed by atoms with Gasteiger partial charge in [0.15, 0.2) is 0 Å². The maximum atomic E-state index is 13.2. The summed E-state index contributed by atoms with van der Waals surface area (Å²) in [6.07, 6.45) is 1.14. The van der Waals surface area contributed by atoms with Gasteiger partial charge in [0, 0.05) is 12.6 Å². The predicted molar refractivity (Wildman–Crippen MR) is 83.9 cm³/mol. The van der Waals surface area contributed by atoms with Gasteiger partial charge in [-0.15, -0.1) is 0 Å². The first-order valence-electron chi connectivity index (χ1n) is 7.36. The molecule has 112 valence electrons. The Labute approximate surface area is 126 Å². The van der Waals surface area contributed by atoms with E-state index in [0.717, 1.165) is 30.6 Å². The van der Waals surface area contributed by atoms with Crippen molar-refractivity contribution in [2.45, 2.75) is 33.4 Å². The lowest BCUT2D eigenvalue weighted by Crippen LogP contribution is -2.13. The summed E-state index contributed by atoms with van der Waals surface area (Å²) < 4.78 is 18.9. The Hall–Kier alpha value is -1.87. The molecule has 0 saturated heterocycles. The third-order valence-corrected chi connectivity index (χ3v) is 3.32. The van der Waals surface area contributed by atoms with Gasteiger partial charge in [0.25, 0.3) is 0 Å². The fourth-order valence-corrected chi connectivity index (χ4v) is 2.05. The molecule has 0 aliphatic carbocycles. The van der Waals surface area contributed by atoms with Gasteiger partial charge in [-0.25, -0.2) is 4.39 Å². The van der Waals surface area contributed by atoms with E-state index >= 15 is 0 Å². The summed E-state index contributed by atoms with van der Waals surface area (Å²) in [5, 5.41) is 3.37. The Morgan fingerprint density at radius 2 is 1.76 bits per heavy atom. The maximum Gasteiger partial charge on any atom is 0.126 e. The van der Waals surface area contributed by atoms with Crippen LogP contribution in [-0.4, -0.2) is 6.54 Å². The zero-order valence-electron chi connectivity index (χ0n) is 12.7. The highest BCUT2D eigenvalue weighted by Crippen LogP contribution is 2.20. The molecule has 0 aromatic heterocycles. The van der Waals surface area contributed by atoms with Crippen molar-refractivity contribution in [2.75, 3.05) is 6.54 Å². The fourth-order valence-electron chi connectivity index (χ4n) is 2.05. The first kappa shape index (κ1) is 15.5. The number of ether oxygens (including phenoxy) is 1. The average molecular weight is 287 g/mol. The zero-order valence-corrected chi connectivity index (χ0v) is 12.7. The second kappa shape index (κ2) is 7.79. The van der Waals surface area contributed by atoms with Crippen LogP contribution in [0.25, 0.3) is 0 Å². The number of benzene rings is 2.